The van der Waals surface area contributed by atoms with Crippen molar-refractivity contribution in [1.29, 1.82) is 0 Å². The van der Waals surface area contributed by atoms with Gasteiger partial charge in [0.1, 0.15) is 0 Å². The number of ether oxygens (including phenoxy) is 2. The van der Waals surface area contributed by atoms with Crippen LogP contribution in [0.5, 0.6) is 0 Å². The molecule has 1 unspecified atom stereocenters. The Morgan fingerprint density at radius 3 is 2.73 bits per heavy atom. The molecule has 1 heterocycles. The Morgan fingerprint density at radius 1 is 1.40 bits per heavy atom. The number of nitrogens with zero attached hydrogens (tertiary/aromatic N) is 1. The van der Waals surface area contributed by atoms with Crippen molar-refractivity contribution in [2.24, 2.45) is 5.73 Å². The minimum absolute atomic E-state index is 0.163. The number of rotatable bonds is 5. The lowest BCUT2D eigenvalue weighted by Gasteiger charge is -2.38. The largest absolute Gasteiger partial charge is 0.382 e. The van der Waals surface area contributed by atoms with Crippen LogP contribution in [0.25, 0.3) is 0 Å². The highest BCUT2D eigenvalue weighted by Crippen LogP contribution is 2.14. The van der Waals surface area contributed by atoms with Crippen molar-refractivity contribution in [3.05, 3.63) is 0 Å². The zero-order chi connectivity index (χ0) is 11.3. The average molecular weight is 216 g/mol. The molecule has 1 fully saturated rings. The van der Waals surface area contributed by atoms with Gasteiger partial charge in [0, 0.05) is 32.3 Å². The fraction of sp³-hybridized carbons (Fsp3) is 1.00. The van der Waals surface area contributed by atoms with E-state index in [0.29, 0.717) is 19.3 Å². The van der Waals surface area contributed by atoms with E-state index in [1.54, 1.807) is 7.11 Å². The lowest BCUT2D eigenvalue weighted by Crippen LogP contribution is -2.53. The molecule has 1 saturated heterocycles. The first-order chi connectivity index (χ1) is 7.15. The van der Waals surface area contributed by atoms with Gasteiger partial charge in [0.2, 0.25) is 0 Å². The molecule has 0 aromatic heterocycles. The minimum Gasteiger partial charge on any atom is -0.382 e. The standard InChI is InChI=1S/C11H24N2O2/c1-9(2)13-5-4-10(12)11(8-13)15-7-6-14-3/h9-11H,4-8,12H2,1-3H3/t10-,11?/m1/s1. The second-order valence-electron chi connectivity index (χ2n) is 4.44. The molecule has 2 atom stereocenters. The molecule has 0 amide bonds. The lowest BCUT2D eigenvalue weighted by molar-refractivity contribution is -0.0371. The smallest absolute Gasteiger partial charge is 0.0854 e. The van der Waals surface area contributed by atoms with Gasteiger partial charge in [0.05, 0.1) is 19.3 Å². The number of hydrogen-bond donors (Lipinski definition) is 1. The molecule has 1 aliphatic rings. The molecular formula is C11H24N2O2. The SMILES string of the molecule is COCCOC1CN(C(C)C)CC[C@H]1N. The van der Waals surface area contributed by atoms with Gasteiger partial charge >= 0.3 is 0 Å². The third-order valence-electron chi connectivity index (χ3n) is 2.99. The third kappa shape index (κ3) is 4.07. The van der Waals surface area contributed by atoms with E-state index in [0.717, 1.165) is 19.5 Å². The first-order valence-electron chi connectivity index (χ1n) is 5.75. The van der Waals surface area contributed by atoms with Gasteiger partial charge in [-0.2, -0.15) is 0 Å². The van der Waals surface area contributed by atoms with E-state index in [1.165, 1.54) is 0 Å². The number of nitrogens with two attached hydrogens (primary N) is 1. The average Bonchev–Trinajstić information content (AvgIpc) is 2.20. The monoisotopic (exact) mass is 216 g/mol. The highest BCUT2D eigenvalue weighted by atomic mass is 16.5. The van der Waals surface area contributed by atoms with Crippen LogP contribution in [-0.2, 0) is 9.47 Å². The van der Waals surface area contributed by atoms with Crippen molar-refractivity contribution in [2.75, 3.05) is 33.4 Å². The van der Waals surface area contributed by atoms with Crippen LogP contribution in [0.2, 0.25) is 0 Å². The summed E-state index contributed by atoms with van der Waals surface area (Å²) in [6.45, 7) is 7.74. The highest BCUT2D eigenvalue weighted by Gasteiger charge is 2.28. The number of piperidine rings is 1. The molecule has 0 bridgehead atoms. The van der Waals surface area contributed by atoms with Crippen molar-refractivity contribution in [1.82, 2.24) is 4.90 Å². The second kappa shape index (κ2) is 6.43. The van der Waals surface area contributed by atoms with Crippen LogP contribution in [0.4, 0.5) is 0 Å². The summed E-state index contributed by atoms with van der Waals surface area (Å²) >= 11 is 0. The molecule has 1 aliphatic heterocycles. The Balaban J connectivity index is 2.32. The summed E-state index contributed by atoms with van der Waals surface area (Å²) in [5.41, 5.74) is 6.03. The van der Waals surface area contributed by atoms with Gasteiger partial charge in [-0.25, -0.2) is 0 Å². The Kier molecular flexibility index (Phi) is 5.53. The van der Waals surface area contributed by atoms with Gasteiger partial charge in [-0.1, -0.05) is 0 Å². The molecule has 0 spiro atoms. The molecule has 4 nitrogen and oxygen atoms in total. The molecule has 4 heteroatoms. The van der Waals surface area contributed by atoms with E-state index in [1.807, 2.05) is 0 Å². The van der Waals surface area contributed by atoms with E-state index in [-0.39, 0.29) is 12.1 Å². The maximum atomic E-state index is 6.03. The van der Waals surface area contributed by atoms with Crippen molar-refractivity contribution < 1.29 is 9.47 Å². The Hall–Kier alpha value is -0.160. The molecule has 0 aromatic carbocycles. The van der Waals surface area contributed by atoms with Gasteiger partial charge in [-0.05, 0) is 20.3 Å². The van der Waals surface area contributed by atoms with E-state index in [2.05, 4.69) is 18.7 Å². The van der Waals surface area contributed by atoms with E-state index < -0.39 is 0 Å². The van der Waals surface area contributed by atoms with Crippen LogP contribution >= 0.6 is 0 Å². The predicted octanol–water partition coefficient (Wildman–Crippen LogP) is 0.459. The summed E-state index contributed by atoms with van der Waals surface area (Å²) < 4.78 is 10.7. The van der Waals surface area contributed by atoms with Crippen LogP contribution in [0.15, 0.2) is 0 Å². The molecule has 0 aliphatic carbocycles. The fourth-order valence-electron chi connectivity index (χ4n) is 1.89. The number of hydrogen-bond acceptors (Lipinski definition) is 4. The zero-order valence-corrected chi connectivity index (χ0v) is 10.1. The maximum Gasteiger partial charge on any atom is 0.0854 e. The van der Waals surface area contributed by atoms with Crippen molar-refractivity contribution in [2.45, 2.75) is 38.5 Å². The molecule has 2 N–H and O–H groups in total. The van der Waals surface area contributed by atoms with Crippen LogP contribution in [0, 0.1) is 0 Å². The molecule has 0 radical (unpaired) electrons. The molecule has 1 rings (SSSR count). The number of likely N-dealkylation sites (tertiary alicyclic amines) is 1. The minimum atomic E-state index is 0.163. The number of methoxy groups -OCH3 is 1. The highest BCUT2D eigenvalue weighted by molar-refractivity contribution is 4.85. The Labute approximate surface area is 92.7 Å². The van der Waals surface area contributed by atoms with E-state index >= 15 is 0 Å². The Bertz CT molecular complexity index is 176. The molecule has 0 aromatic rings. The van der Waals surface area contributed by atoms with Gasteiger partial charge in [-0.15, -0.1) is 0 Å². The zero-order valence-electron chi connectivity index (χ0n) is 10.1. The van der Waals surface area contributed by atoms with E-state index in [4.69, 9.17) is 15.2 Å². The summed E-state index contributed by atoms with van der Waals surface area (Å²) in [4.78, 5) is 2.42. The van der Waals surface area contributed by atoms with Gasteiger partial charge < -0.3 is 15.2 Å². The molecule has 15 heavy (non-hydrogen) atoms. The summed E-state index contributed by atoms with van der Waals surface area (Å²) in [6.07, 6.45) is 1.19. The van der Waals surface area contributed by atoms with Crippen molar-refractivity contribution >= 4 is 0 Å². The summed E-state index contributed by atoms with van der Waals surface area (Å²) in [5, 5.41) is 0. The van der Waals surface area contributed by atoms with Crippen LogP contribution in [0.3, 0.4) is 0 Å². The normalized spacial score (nSPS) is 28.6. The maximum absolute atomic E-state index is 6.03. The summed E-state index contributed by atoms with van der Waals surface area (Å²) in [6, 6.07) is 0.753. The van der Waals surface area contributed by atoms with Crippen LogP contribution in [-0.4, -0.2) is 56.5 Å². The lowest BCUT2D eigenvalue weighted by atomic mass is 10.0. The van der Waals surface area contributed by atoms with Gasteiger partial charge in [0.15, 0.2) is 0 Å². The molecule has 0 saturated carbocycles. The Morgan fingerprint density at radius 2 is 2.13 bits per heavy atom. The van der Waals surface area contributed by atoms with Crippen LogP contribution < -0.4 is 5.73 Å². The topological polar surface area (TPSA) is 47.7 Å². The van der Waals surface area contributed by atoms with Crippen molar-refractivity contribution in [3.8, 4) is 0 Å². The predicted molar refractivity (Wildman–Crippen MR) is 60.9 cm³/mol. The first-order valence-corrected chi connectivity index (χ1v) is 5.75. The van der Waals surface area contributed by atoms with Gasteiger partial charge in [-0.3, -0.25) is 4.90 Å². The fourth-order valence-corrected chi connectivity index (χ4v) is 1.89. The third-order valence-corrected chi connectivity index (χ3v) is 2.99. The summed E-state index contributed by atoms with van der Waals surface area (Å²) in [5.74, 6) is 0. The molecular weight excluding hydrogens is 192 g/mol. The van der Waals surface area contributed by atoms with E-state index in [9.17, 15) is 0 Å². The first kappa shape index (κ1) is 12.9. The van der Waals surface area contributed by atoms with Crippen LogP contribution in [0.1, 0.15) is 20.3 Å². The molecule has 90 valence electrons. The second-order valence-corrected chi connectivity index (χ2v) is 4.44. The van der Waals surface area contributed by atoms with Crippen molar-refractivity contribution in [3.63, 3.8) is 0 Å². The van der Waals surface area contributed by atoms with Gasteiger partial charge in [0.25, 0.3) is 0 Å². The quantitative estimate of drug-likeness (QED) is 0.678. The summed E-state index contributed by atoms with van der Waals surface area (Å²) in [7, 11) is 1.69.